The van der Waals surface area contributed by atoms with Crippen LogP contribution in [0.5, 0.6) is 0 Å². The number of nitrogens with zero attached hydrogens (tertiary/aromatic N) is 3. The van der Waals surface area contributed by atoms with E-state index in [4.69, 9.17) is 0 Å². The van der Waals surface area contributed by atoms with E-state index in [0.717, 1.165) is 13.1 Å². The van der Waals surface area contributed by atoms with Crippen molar-refractivity contribution in [2.45, 2.75) is 6.92 Å². The molecule has 0 saturated carbocycles. The van der Waals surface area contributed by atoms with Gasteiger partial charge in [0.1, 0.15) is 5.70 Å². The molecule has 2 heterocycles. The largest absolute Gasteiger partial charge is 0.364 e. The highest BCUT2D eigenvalue weighted by molar-refractivity contribution is 6.45. The monoisotopic (exact) mass is 404 g/mol. The molecule has 30 heavy (non-hydrogen) atoms. The Morgan fingerprint density at radius 2 is 1.50 bits per heavy atom. The molecule has 154 valence electrons. The number of para-hydroxylation sites is 1. The number of nitrogens with one attached hydrogen (secondary N) is 1. The highest BCUT2D eigenvalue weighted by atomic mass is 16.2. The average molecular weight is 404 g/mol. The van der Waals surface area contributed by atoms with Crippen LogP contribution in [0.2, 0.25) is 0 Å². The van der Waals surface area contributed by atoms with Gasteiger partial charge in [-0.1, -0.05) is 30.3 Å². The van der Waals surface area contributed by atoms with E-state index in [2.05, 4.69) is 10.2 Å². The second-order valence-electron chi connectivity index (χ2n) is 7.55. The van der Waals surface area contributed by atoms with Crippen molar-refractivity contribution in [1.82, 2.24) is 9.80 Å². The van der Waals surface area contributed by atoms with Crippen LogP contribution in [0.3, 0.4) is 0 Å². The van der Waals surface area contributed by atoms with E-state index in [1.807, 2.05) is 30.1 Å². The number of likely N-dealkylation sites (N-methyl/N-ethyl adjacent to an activating group) is 1. The van der Waals surface area contributed by atoms with Crippen molar-refractivity contribution in [3.63, 3.8) is 0 Å². The zero-order valence-electron chi connectivity index (χ0n) is 17.1. The molecule has 7 heteroatoms. The van der Waals surface area contributed by atoms with Gasteiger partial charge in [0.15, 0.2) is 0 Å². The number of hydrogen-bond acceptors (Lipinski definition) is 5. The van der Waals surface area contributed by atoms with Gasteiger partial charge in [-0.3, -0.25) is 14.4 Å². The maximum absolute atomic E-state index is 13.4. The maximum Gasteiger partial charge on any atom is 0.282 e. The third kappa shape index (κ3) is 3.71. The standard InChI is InChI=1S/C23H24N4O3/c1-16(28)24-18-10-8-17(9-11-18)20-21(26-14-12-25(2)13-15-26)23(30)27(22(20)29)19-6-4-3-5-7-19/h3-11H,12-15H2,1-2H3,(H,24,28). The molecule has 0 radical (unpaired) electrons. The zero-order chi connectivity index (χ0) is 21.3. The molecule has 4 rings (SSSR count). The van der Waals surface area contributed by atoms with Crippen LogP contribution < -0.4 is 10.2 Å². The molecule has 0 aliphatic carbocycles. The van der Waals surface area contributed by atoms with Gasteiger partial charge in [0.05, 0.1) is 11.3 Å². The van der Waals surface area contributed by atoms with Crippen LogP contribution in [0.25, 0.3) is 5.57 Å². The topological polar surface area (TPSA) is 73.0 Å². The molecule has 2 aromatic rings. The van der Waals surface area contributed by atoms with Crippen LogP contribution in [0, 0.1) is 0 Å². The van der Waals surface area contributed by atoms with Crippen LogP contribution in [0.15, 0.2) is 60.3 Å². The van der Waals surface area contributed by atoms with Gasteiger partial charge >= 0.3 is 0 Å². The Morgan fingerprint density at radius 3 is 2.10 bits per heavy atom. The maximum atomic E-state index is 13.4. The fourth-order valence-corrected chi connectivity index (χ4v) is 3.84. The smallest absolute Gasteiger partial charge is 0.282 e. The van der Waals surface area contributed by atoms with Gasteiger partial charge in [-0.05, 0) is 36.9 Å². The quantitative estimate of drug-likeness (QED) is 0.791. The van der Waals surface area contributed by atoms with E-state index in [0.29, 0.717) is 41.3 Å². The molecule has 0 unspecified atom stereocenters. The van der Waals surface area contributed by atoms with Gasteiger partial charge in [-0.15, -0.1) is 0 Å². The van der Waals surface area contributed by atoms with Gasteiger partial charge in [0.2, 0.25) is 5.91 Å². The SMILES string of the molecule is CC(=O)Nc1ccc(C2=C(N3CCN(C)CC3)C(=O)N(c3ccccc3)C2=O)cc1. The van der Waals surface area contributed by atoms with Crippen LogP contribution in [-0.4, -0.2) is 60.7 Å². The third-order valence-corrected chi connectivity index (χ3v) is 5.39. The number of rotatable bonds is 4. The molecule has 7 nitrogen and oxygen atoms in total. The molecule has 2 aromatic carbocycles. The van der Waals surface area contributed by atoms with Gasteiger partial charge < -0.3 is 15.1 Å². The number of piperazine rings is 1. The highest BCUT2D eigenvalue weighted by Crippen LogP contribution is 2.35. The summed E-state index contributed by atoms with van der Waals surface area (Å²) < 4.78 is 0. The number of imide groups is 1. The van der Waals surface area contributed by atoms with Crippen LogP contribution >= 0.6 is 0 Å². The molecule has 1 N–H and O–H groups in total. The first-order chi connectivity index (χ1) is 14.5. The molecule has 0 atom stereocenters. The Kier molecular flexibility index (Phi) is 5.37. The van der Waals surface area contributed by atoms with E-state index >= 15 is 0 Å². The first-order valence-electron chi connectivity index (χ1n) is 9.95. The van der Waals surface area contributed by atoms with Crippen LogP contribution in [-0.2, 0) is 14.4 Å². The summed E-state index contributed by atoms with van der Waals surface area (Å²) in [6, 6.07) is 16.0. The average Bonchev–Trinajstić information content (AvgIpc) is 2.99. The molecule has 1 saturated heterocycles. The lowest BCUT2D eigenvalue weighted by Gasteiger charge is -2.34. The molecule has 0 aromatic heterocycles. The Morgan fingerprint density at radius 1 is 0.867 bits per heavy atom. The minimum atomic E-state index is -0.326. The van der Waals surface area contributed by atoms with Crippen molar-refractivity contribution < 1.29 is 14.4 Å². The fraction of sp³-hybridized carbons (Fsp3) is 0.261. The number of benzene rings is 2. The van der Waals surface area contributed by atoms with Crippen molar-refractivity contribution in [3.05, 3.63) is 65.9 Å². The van der Waals surface area contributed by atoms with E-state index in [9.17, 15) is 14.4 Å². The van der Waals surface area contributed by atoms with Gasteiger partial charge in [0.25, 0.3) is 11.8 Å². The number of hydrogen-bond donors (Lipinski definition) is 1. The summed E-state index contributed by atoms with van der Waals surface area (Å²) >= 11 is 0. The summed E-state index contributed by atoms with van der Waals surface area (Å²) in [5.41, 5.74) is 2.72. The van der Waals surface area contributed by atoms with Crippen molar-refractivity contribution in [2.24, 2.45) is 0 Å². The van der Waals surface area contributed by atoms with E-state index in [1.165, 1.54) is 11.8 Å². The van der Waals surface area contributed by atoms with Gasteiger partial charge in [0, 0.05) is 38.8 Å². The molecule has 2 aliphatic rings. The van der Waals surface area contributed by atoms with Crippen LogP contribution in [0.4, 0.5) is 11.4 Å². The van der Waals surface area contributed by atoms with Crippen LogP contribution in [0.1, 0.15) is 12.5 Å². The highest BCUT2D eigenvalue weighted by Gasteiger charge is 2.42. The summed E-state index contributed by atoms with van der Waals surface area (Å²) in [7, 11) is 2.05. The first-order valence-corrected chi connectivity index (χ1v) is 9.95. The van der Waals surface area contributed by atoms with E-state index in [-0.39, 0.29) is 17.7 Å². The molecule has 0 bridgehead atoms. The predicted octanol–water partition coefficient (Wildman–Crippen LogP) is 2.18. The molecular formula is C23H24N4O3. The molecule has 2 aliphatic heterocycles. The number of anilines is 2. The number of amides is 3. The third-order valence-electron chi connectivity index (χ3n) is 5.39. The van der Waals surface area contributed by atoms with Gasteiger partial charge in [-0.25, -0.2) is 4.90 Å². The second-order valence-corrected chi connectivity index (χ2v) is 7.55. The Bertz CT molecular complexity index is 1010. The Hall–Kier alpha value is -3.45. The minimum Gasteiger partial charge on any atom is -0.364 e. The lowest BCUT2D eigenvalue weighted by Crippen LogP contribution is -2.46. The first kappa shape index (κ1) is 19.8. The van der Waals surface area contributed by atoms with E-state index < -0.39 is 0 Å². The second kappa shape index (κ2) is 8.12. The van der Waals surface area contributed by atoms with Gasteiger partial charge in [-0.2, -0.15) is 0 Å². The van der Waals surface area contributed by atoms with E-state index in [1.54, 1.807) is 36.4 Å². The Labute approximate surface area is 175 Å². The molecular weight excluding hydrogens is 380 g/mol. The fourth-order valence-electron chi connectivity index (χ4n) is 3.84. The minimum absolute atomic E-state index is 0.164. The molecule has 3 amide bonds. The van der Waals surface area contributed by atoms with Crippen molar-refractivity contribution >= 4 is 34.7 Å². The van der Waals surface area contributed by atoms with Crippen molar-refractivity contribution in [3.8, 4) is 0 Å². The number of carbonyl (C=O) groups is 3. The summed E-state index contributed by atoms with van der Waals surface area (Å²) in [5, 5.41) is 2.72. The zero-order valence-corrected chi connectivity index (χ0v) is 17.1. The lowest BCUT2D eigenvalue weighted by molar-refractivity contribution is -0.121. The molecule has 1 fully saturated rings. The van der Waals surface area contributed by atoms with Crippen molar-refractivity contribution in [2.75, 3.05) is 43.4 Å². The summed E-state index contributed by atoms with van der Waals surface area (Å²) in [5.74, 6) is -0.786. The Balaban J connectivity index is 1.76. The lowest BCUT2D eigenvalue weighted by atomic mass is 10.0. The summed E-state index contributed by atoms with van der Waals surface area (Å²) in [6.45, 7) is 4.46. The summed E-state index contributed by atoms with van der Waals surface area (Å²) in [4.78, 5) is 43.6. The molecule has 0 spiro atoms. The number of carbonyl (C=O) groups excluding carboxylic acids is 3. The summed E-state index contributed by atoms with van der Waals surface area (Å²) in [6.07, 6.45) is 0. The predicted molar refractivity (Wildman–Crippen MR) is 116 cm³/mol. The van der Waals surface area contributed by atoms with Crippen molar-refractivity contribution in [1.29, 1.82) is 0 Å². The normalized spacial score (nSPS) is 17.7.